The molecule has 9 heteroatoms. The third kappa shape index (κ3) is 5.64. The monoisotopic (exact) mass is 434 g/mol. The molecule has 2 aromatic rings. The maximum atomic E-state index is 13.0. The zero-order chi connectivity index (χ0) is 21.6. The summed E-state index contributed by atoms with van der Waals surface area (Å²) in [5, 5.41) is 2.68. The molecule has 0 aliphatic heterocycles. The highest BCUT2D eigenvalue weighted by Gasteiger charge is 2.30. The molecule has 1 aliphatic carbocycles. The molecule has 1 amide bonds. The zero-order valence-corrected chi connectivity index (χ0v) is 17.8. The van der Waals surface area contributed by atoms with Gasteiger partial charge in [0, 0.05) is 24.2 Å². The Kier molecular flexibility index (Phi) is 7.17. The van der Waals surface area contributed by atoms with Gasteiger partial charge in [0.15, 0.2) is 0 Å². The molecule has 0 radical (unpaired) electrons. The van der Waals surface area contributed by atoms with Crippen molar-refractivity contribution in [3.63, 3.8) is 0 Å². The summed E-state index contributed by atoms with van der Waals surface area (Å²) in [5.41, 5.74) is 0.640. The highest BCUT2D eigenvalue weighted by Crippen LogP contribution is 2.30. The number of ether oxygens (including phenoxy) is 3. The van der Waals surface area contributed by atoms with E-state index in [1.54, 1.807) is 24.3 Å². The van der Waals surface area contributed by atoms with E-state index in [2.05, 4.69) is 10.0 Å². The van der Waals surface area contributed by atoms with E-state index in [1.807, 2.05) is 18.2 Å². The van der Waals surface area contributed by atoms with Crippen LogP contribution in [0.4, 0.5) is 10.5 Å². The lowest BCUT2D eigenvalue weighted by atomic mass is 9.94. The van der Waals surface area contributed by atoms with E-state index in [-0.39, 0.29) is 22.8 Å². The topological polar surface area (TPSA) is 103 Å². The summed E-state index contributed by atoms with van der Waals surface area (Å²) in [6.07, 6.45) is 1.56. The molecule has 0 unspecified atom stereocenters. The van der Waals surface area contributed by atoms with E-state index in [0.29, 0.717) is 30.7 Å². The lowest BCUT2D eigenvalue weighted by Crippen LogP contribution is -2.41. The van der Waals surface area contributed by atoms with E-state index >= 15 is 0 Å². The third-order valence-corrected chi connectivity index (χ3v) is 6.44. The number of hydrogen-bond acceptors (Lipinski definition) is 6. The average molecular weight is 435 g/mol. The summed E-state index contributed by atoms with van der Waals surface area (Å²) in [6.45, 7) is 0. The molecule has 1 aliphatic rings. The van der Waals surface area contributed by atoms with Crippen molar-refractivity contribution in [2.45, 2.75) is 42.7 Å². The summed E-state index contributed by atoms with van der Waals surface area (Å²) in [6, 6.07) is 13.3. The lowest BCUT2D eigenvalue weighted by molar-refractivity contribution is 0.0793. The largest absolute Gasteiger partial charge is 0.497 e. The first kappa shape index (κ1) is 21.9. The molecule has 0 heterocycles. The molecule has 3 rings (SSSR count). The van der Waals surface area contributed by atoms with Gasteiger partial charge in [0.05, 0.1) is 14.2 Å². The van der Waals surface area contributed by atoms with E-state index in [9.17, 15) is 13.2 Å². The predicted molar refractivity (Wildman–Crippen MR) is 112 cm³/mol. The maximum absolute atomic E-state index is 13.0. The highest BCUT2D eigenvalue weighted by atomic mass is 32.2. The first-order valence-electron chi connectivity index (χ1n) is 9.68. The van der Waals surface area contributed by atoms with Crippen molar-refractivity contribution >= 4 is 21.8 Å². The smallest absolute Gasteiger partial charge is 0.411 e. The van der Waals surface area contributed by atoms with Gasteiger partial charge in [-0.15, -0.1) is 0 Å². The van der Waals surface area contributed by atoms with E-state index in [0.717, 1.165) is 6.42 Å². The fourth-order valence-electron chi connectivity index (χ4n) is 3.46. The summed E-state index contributed by atoms with van der Waals surface area (Å²) in [4.78, 5) is 12.2. The highest BCUT2D eigenvalue weighted by molar-refractivity contribution is 7.89. The summed E-state index contributed by atoms with van der Waals surface area (Å²) in [5.74, 6) is 0.646. The minimum Gasteiger partial charge on any atom is -0.497 e. The Morgan fingerprint density at radius 2 is 1.80 bits per heavy atom. The van der Waals surface area contributed by atoms with Gasteiger partial charge in [-0.05, 0) is 43.5 Å². The maximum Gasteiger partial charge on any atom is 0.411 e. The Bertz CT molecular complexity index is 965. The summed E-state index contributed by atoms with van der Waals surface area (Å²) >= 11 is 0. The average Bonchev–Trinajstić information content (AvgIpc) is 2.73. The predicted octanol–water partition coefficient (Wildman–Crippen LogP) is 3.54. The Hall–Kier alpha value is -2.78. The van der Waals surface area contributed by atoms with Crippen LogP contribution in [0.25, 0.3) is 0 Å². The van der Waals surface area contributed by atoms with Crippen molar-refractivity contribution in [1.29, 1.82) is 0 Å². The quantitative estimate of drug-likeness (QED) is 0.691. The van der Waals surface area contributed by atoms with Crippen LogP contribution in [0, 0.1) is 0 Å². The molecule has 162 valence electrons. The van der Waals surface area contributed by atoms with Gasteiger partial charge in [0.2, 0.25) is 10.0 Å². The fourth-order valence-corrected chi connectivity index (χ4v) is 4.92. The van der Waals surface area contributed by atoms with Crippen molar-refractivity contribution in [3.05, 3.63) is 48.5 Å². The molecule has 0 bridgehead atoms. The van der Waals surface area contributed by atoms with Crippen molar-refractivity contribution in [2.24, 2.45) is 0 Å². The molecule has 8 nitrogen and oxygen atoms in total. The van der Waals surface area contributed by atoms with Gasteiger partial charge in [-0.2, -0.15) is 0 Å². The van der Waals surface area contributed by atoms with Crippen molar-refractivity contribution < 1.29 is 27.4 Å². The number of rotatable bonds is 7. The third-order valence-electron chi connectivity index (χ3n) is 4.90. The SMILES string of the molecule is COc1ccc(OC)c(S(=O)(=O)N[C@H]2CCC[C@@H](OC(=O)Nc3ccccc3)C2)c1. The van der Waals surface area contributed by atoms with Crippen LogP contribution in [0.3, 0.4) is 0 Å². The molecule has 2 atom stereocenters. The van der Waals surface area contributed by atoms with Gasteiger partial charge in [0.25, 0.3) is 0 Å². The summed E-state index contributed by atoms with van der Waals surface area (Å²) in [7, 11) is -0.966. The molecular weight excluding hydrogens is 408 g/mol. The Labute approximate surface area is 176 Å². The van der Waals surface area contributed by atoms with Gasteiger partial charge in [0.1, 0.15) is 22.5 Å². The number of hydrogen-bond donors (Lipinski definition) is 2. The fraction of sp³-hybridized carbons (Fsp3) is 0.381. The van der Waals surface area contributed by atoms with Crippen molar-refractivity contribution in [2.75, 3.05) is 19.5 Å². The number of nitrogens with one attached hydrogen (secondary N) is 2. The Morgan fingerprint density at radius 3 is 2.50 bits per heavy atom. The van der Waals surface area contributed by atoms with Crippen LogP contribution >= 0.6 is 0 Å². The number of anilines is 1. The second-order valence-corrected chi connectivity index (χ2v) is 8.70. The van der Waals surface area contributed by atoms with Crippen LogP contribution in [0.15, 0.2) is 53.4 Å². The molecule has 30 heavy (non-hydrogen) atoms. The number of methoxy groups -OCH3 is 2. The first-order valence-corrected chi connectivity index (χ1v) is 11.2. The number of carbonyl (C=O) groups is 1. The second kappa shape index (κ2) is 9.82. The molecule has 2 aromatic carbocycles. The van der Waals surface area contributed by atoms with Gasteiger partial charge in [-0.25, -0.2) is 17.9 Å². The van der Waals surface area contributed by atoms with Crippen molar-refractivity contribution in [3.8, 4) is 11.5 Å². The van der Waals surface area contributed by atoms with Gasteiger partial charge < -0.3 is 14.2 Å². The number of sulfonamides is 1. The van der Waals surface area contributed by atoms with E-state index in [1.165, 1.54) is 20.3 Å². The van der Waals surface area contributed by atoms with Crippen molar-refractivity contribution in [1.82, 2.24) is 4.72 Å². The van der Waals surface area contributed by atoms with Crippen LogP contribution in [0.5, 0.6) is 11.5 Å². The van der Waals surface area contributed by atoms with Gasteiger partial charge in [-0.3, -0.25) is 5.32 Å². The molecule has 0 spiro atoms. The normalized spacial score (nSPS) is 19.0. The van der Waals surface area contributed by atoms with Crippen LogP contribution in [0.2, 0.25) is 0 Å². The second-order valence-electron chi connectivity index (χ2n) is 7.02. The first-order chi connectivity index (χ1) is 14.4. The van der Waals surface area contributed by atoms with E-state index in [4.69, 9.17) is 14.2 Å². The molecular formula is C21H26N2O6S. The lowest BCUT2D eigenvalue weighted by Gasteiger charge is -2.29. The molecule has 0 saturated heterocycles. The zero-order valence-electron chi connectivity index (χ0n) is 17.0. The minimum absolute atomic E-state index is 0.00853. The number of amides is 1. The molecule has 2 N–H and O–H groups in total. The van der Waals surface area contributed by atoms with Gasteiger partial charge in [-0.1, -0.05) is 18.2 Å². The van der Waals surface area contributed by atoms with Crippen LogP contribution in [0.1, 0.15) is 25.7 Å². The molecule has 1 fully saturated rings. The molecule has 1 saturated carbocycles. The van der Waals surface area contributed by atoms with Crippen LogP contribution in [-0.2, 0) is 14.8 Å². The Morgan fingerprint density at radius 1 is 1.03 bits per heavy atom. The number of carbonyl (C=O) groups excluding carboxylic acids is 1. The van der Waals surface area contributed by atoms with E-state index < -0.39 is 16.1 Å². The Balaban J connectivity index is 1.63. The number of para-hydroxylation sites is 1. The summed E-state index contributed by atoms with van der Waals surface area (Å²) < 4.78 is 44.5. The molecule has 0 aromatic heterocycles. The minimum atomic E-state index is -3.85. The van der Waals surface area contributed by atoms with Crippen LogP contribution < -0.4 is 19.5 Å². The standard InChI is InChI=1S/C21H26N2O6S/c1-27-17-11-12-19(28-2)20(14-17)30(25,26)23-16-9-6-10-18(13-16)29-21(24)22-15-7-4-3-5-8-15/h3-5,7-8,11-12,14,16,18,23H,6,9-10,13H2,1-2H3,(H,22,24)/t16-,18+/m0/s1. The van der Waals surface area contributed by atoms with Crippen LogP contribution in [-0.4, -0.2) is 40.9 Å². The number of benzene rings is 2. The van der Waals surface area contributed by atoms with Gasteiger partial charge >= 0.3 is 6.09 Å².